The number of carbonyl (C=O) groups excluding carboxylic acids is 2. The first-order valence-corrected chi connectivity index (χ1v) is 8.17. The van der Waals surface area contributed by atoms with Crippen molar-refractivity contribution in [3.63, 3.8) is 0 Å². The number of esters is 1. The van der Waals surface area contributed by atoms with E-state index >= 15 is 0 Å². The Morgan fingerprint density at radius 3 is 2.37 bits per heavy atom. The van der Waals surface area contributed by atoms with Gasteiger partial charge >= 0.3 is 5.97 Å². The van der Waals surface area contributed by atoms with E-state index in [2.05, 4.69) is 5.32 Å². The van der Waals surface area contributed by atoms with Crippen LogP contribution in [0.1, 0.15) is 17.3 Å². The summed E-state index contributed by atoms with van der Waals surface area (Å²) in [5.74, 6) is -0.892. The van der Waals surface area contributed by atoms with E-state index in [-0.39, 0.29) is 17.9 Å². The number of phenolic OH excluding ortho intramolecular Hbond substituents is 1. The molecule has 0 heterocycles. The smallest absolute Gasteiger partial charge is 0.338 e. The molecular weight excluding hydrogens is 346 g/mol. The van der Waals surface area contributed by atoms with E-state index in [1.807, 2.05) is 6.07 Å². The minimum atomic E-state index is -0.577. The van der Waals surface area contributed by atoms with Gasteiger partial charge in [0.2, 0.25) is 0 Å². The molecule has 138 valence electrons. The topological polar surface area (TPSA) is 103 Å². The standard InChI is InChI=1S/C20H19N3O4/c1-3-27-20(26)14-4-6-16(7-5-14)22-19(25)15(12-21)13-23(2)17-8-10-18(24)11-9-17/h4-11,13,24H,3H2,1-2H3,(H,22,25)/b15-13-. The van der Waals surface area contributed by atoms with Gasteiger partial charge in [-0.2, -0.15) is 5.26 Å². The summed E-state index contributed by atoms with van der Waals surface area (Å²) >= 11 is 0. The summed E-state index contributed by atoms with van der Waals surface area (Å²) in [4.78, 5) is 25.6. The van der Waals surface area contributed by atoms with Gasteiger partial charge in [-0.15, -0.1) is 0 Å². The summed E-state index contributed by atoms with van der Waals surface area (Å²) in [6.45, 7) is 2.00. The predicted molar refractivity (Wildman–Crippen MR) is 101 cm³/mol. The van der Waals surface area contributed by atoms with E-state index in [1.54, 1.807) is 43.1 Å². The van der Waals surface area contributed by atoms with Crippen LogP contribution in [0.3, 0.4) is 0 Å². The number of hydrogen-bond acceptors (Lipinski definition) is 6. The van der Waals surface area contributed by atoms with Crippen LogP contribution in [0.25, 0.3) is 0 Å². The third-order valence-electron chi connectivity index (χ3n) is 3.60. The molecule has 7 nitrogen and oxygen atoms in total. The minimum Gasteiger partial charge on any atom is -0.508 e. The van der Waals surface area contributed by atoms with Gasteiger partial charge in [-0.1, -0.05) is 0 Å². The number of amides is 1. The van der Waals surface area contributed by atoms with Crippen LogP contribution in [0.4, 0.5) is 11.4 Å². The van der Waals surface area contributed by atoms with E-state index in [1.165, 1.54) is 30.5 Å². The molecule has 0 unspecified atom stereocenters. The molecule has 0 atom stereocenters. The highest BCUT2D eigenvalue weighted by Gasteiger charge is 2.12. The molecule has 2 aromatic carbocycles. The van der Waals surface area contributed by atoms with Crippen LogP contribution in [-0.2, 0) is 9.53 Å². The van der Waals surface area contributed by atoms with Crippen LogP contribution in [0, 0.1) is 11.3 Å². The minimum absolute atomic E-state index is 0.0972. The second-order valence-corrected chi connectivity index (χ2v) is 5.53. The van der Waals surface area contributed by atoms with E-state index in [9.17, 15) is 20.0 Å². The molecule has 0 spiro atoms. The zero-order valence-electron chi connectivity index (χ0n) is 15.0. The van der Waals surface area contributed by atoms with Gasteiger partial charge < -0.3 is 20.1 Å². The first kappa shape index (κ1) is 19.5. The highest BCUT2D eigenvalue weighted by molar-refractivity contribution is 6.07. The third-order valence-corrected chi connectivity index (χ3v) is 3.60. The summed E-state index contributed by atoms with van der Waals surface area (Å²) in [5, 5.41) is 21.2. The zero-order valence-corrected chi connectivity index (χ0v) is 15.0. The Morgan fingerprint density at radius 1 is 1.19 bits per heavy atom. The summed E-state index contributed by atoms with van der Waals surface area (Å²) in [6, 6.07) is 14.4. The predicted octanol–water partition coefficient (Wildman–Crippen LogP) is 3.05. The maximum absolute atomic E-state index is 12.3. The number of rotatable bonds is 6. The molecule has 2 N–H and O–H groups in total. The van der Waals surface area contributed by atoms with Crippen molar-refractivity contribution in [2.24, 2.45) is 0 Å². The molecule has 0 aromatic heterocycles. The Kier molecular flexibility index (Phi) is 6.55. The van der Waals surface area contributed by atoms with Crippen molar-refractivity contribution < 1.29 is 19.4 Å². The lowest BCUT2D eigenvalue weighted by molar-refractivity contribution is -0.112. The number of phenols is 1. The van der Waals surface area contributed by atoms with Crippen molar-refractivity contribution in [2.75, 3.05) is 23.9 Å². The van der Waals surface area contributed by atoms with Crippen LogP contribution >= 0.6 is 0 Å². The summed E-state index contributed by atoms with van der Waals surface area (Å²) < 4.78 is 4.90. The van der Waals surface area contributed by atoms with Crippen molar-refractivity contribution in [1.82, 2.24) is 0 Å². The summed E-state index contributed by atoms with van der Waals surface area (Å²) in [6.07, 6.45) is 1.40. The second kappa shape index (κ2) is 9.06. The Labute approximate surface area is 157 Å². The zero-order chi connectivity index (χ0) is 19.8. The SMILES string of the molecule is CCOC(=O)c1ccc(NC(=O)/C(C#N)=C\N(C)c2ccc(O)cc2)cc1. The molecule has 2 aromatic rings. The number of nitrogens with one attached hydrogen (secondary N) is 1. The average Bonchev–Trinajstić information content (AvgIpc) is 2.67. The first-order chi connectivity index (χ1) is 12.9. The molecule has 27 heavy (non-hydrogen) atoms. The number of benzene rings is 2. The maximum Gasteiger partial charge on any atom is 0.338 e. The van der Waals surface area contributed by atoms with Crippen molar-refractivity contribution in [3.8, 4) is 11.8 Å². The van der Waals surface area contributed by atoms with E-state index < -0.39 is 11.9 Å². The lowest BCUT2D eigenvalue weighted by atomic mass is 10.2. The monoisotopic (exact) mass is 365 g/mol. The Bertz CT molecular complexity index is 881. The quantitative estimate of drug-likeness (QED) is 0.463. The van der Waals surface area contributed by atoms with E-state index in [0.717, 1.165) is 0 Å². The normalized spacial score (nSPS) is 10.6. The van der Waals surface area contributed by atoms with Crippen molar-refractivity contribution in [2.45, 2.75) is 6.92 Å². The number of ether oxygens (including phenoxy) is 1. The van der Waals surface area contributed by atoms with Crippen molar-refractivity contribution in [1.29, 1.82) is 5.26 Å². The fourth-order valence-electron chi connectivity index (χ4n) is 2.20. The van der Waals surface area contributed by atoms with Gasteiger partial charge in [0.25, 0.3) is 5.91 Å². The molecule has 1 amide bonds. The Morgan fingerprint density at radius 2 is 1.81 bits per heavy atom. The van der Waals surface area contributed by atoms with Crippen LogP contribution in [0.15, 0.2) is 60.3 Å². The molecule has 0 bridgehead atoms. The first-order valence-electron chi connectivity index (χ1n) is 8.17. The number of nitriles is 1. The van der Waals surface area contributed by atoms with Gasteiger partial charge in [-0.25, -0.2) is 4.79 Å². The second-order valence-electron chi connectivity index (χ2n) is 5.53. The number of aromatic hydroxyl groups is 1. The molecule has 7 heteroatoms. The highest BCUT2D eigenvalue weighted by atomic mass is 16.5. The lowest BCUT2D eigenvalue weighted by Gasteiger charge is -2.15. The highest BCUT2D eigenvalue weighted by Crippen LogP contribution is 2.18. The van der Waals surface area contributed by atoms with Gasteiger partial charge in [0.15, 0.2) is 0 Å². The number of nitrogens with zero attached hydrogens (tertiary/aromatic N) is 2. The average molecular weight is 365 g/mol. The van der Waals surface area contributed by atoms with Crippen molar-refractivity contribution in [3.05, 3.63) is 65.9 Å². The Balaban J connectivity index is 2.09. The molecule has 0 aliphatic carbocycles. The fourth-order valence-corrected chi connectivity index (χ4v) is 2.20. The molecule has 0 aliphatic heterocycles. The van der Waals surface area contributed by atoms with Gasteiger partial charge in [-0.3, -0.25) is 4.79 Å². The number of hydrogen-bond donors (Lipinski definition) is 2. The third kappa shape index (κ3) is 5.34. The van der Waals surface area contributed by atoms with Crippen LogP contribution in [0.5, 0.6) is 5.75 Å². The molecule has 0 saturated carbocycles. The van der Waals surface area contributed by atoms with Gasteiger partial charge in [-0.05, 0) is 55.5 Å². The Hall–Kier alpha value is -3.79. The number of carbonyl (C=O) groups is 2. The molecule has 0 saturated heterocycles. The van der Waals surface area contributed by atoms with Crippen LogP contribution in [0.2, 0.25) is 0 Å². The lowest BCUT2D eigenvalue weighted by Crippen LogP contribution is -2.18. The van der Waals surface area contributed by atoms with E-state index in [0.29, 0.717) is 16.9 Å². The summed E-state index contributed by atoms with van der Waals surface area (Å²) in [5.41, 5.74) is 1.42. The van der Waals surface area contributed by atoms with E-state index in [4.69, 9.17) is 4.74 Å². The van der Waals surface area contributed by atoms with Crippen LogP contribution in [-0.4, -0.2) is 30.6 Å². The summed E-state index contributed by atoms with van der Waals surface area (Å²) in [7, 11) is 1.69. The fraction of sp³-hybridized carbons (Fsp3) is 0.150. The van der Waals surface area contributed by atoms with Crippen LogP contribution < -0.4 is 10.2 Å². The largest absolute Gasteiger partial charge is 0.508 e. The molecule has 0 radical (unpaired) electrons. The number of anilines is 2. The maximum atomic E-state index is 12.3. The van der Waals surface area contributed by atoms with Gasteiger partial charge in [0, 0.05) is 24.6 Å². The molecular formula is C20H19N3O4. The molecule has 0 aliphatic rings. The van der Waals surface area contributed by atoms with Gasteiger partial charge in [0.05, 0.1) is 12.2 Å². The molecule has 0 fully saturated rings. The van der Waals surface area contributed by atoms with Gasteiger partial charge in [0.1, 0.15) is 17.4 Å². The van der Waals surface area contributed by atoms with Crippen molar-refractivity contribution >= 4 is 23.3 Å². The molecule has 2 rings (SSSR count).